The van der Waals surface area contributed by atoms with Crippen LogP contribution in [-0.2, 0) is 11.3 Å². The molecule has 1 heterocycles. The highest BCUT2D eigenvalue weighted by atomic mass is 16.3. The van der Waals surface area contributed by atoms with Gasteiger partial charge in [-0.3, -0.25) is 4.79 Å². The van der Waals surface area contributed by atoms with Gasteiger partial charge in [0.2, 0.25) is 11.8 Å². The van der Waals surface area contributed by atoms with Crippen molar-refractivity contribution in [3.05, 3.63) is 66.6 Å². The van der Waals surface area contributed by atoms with Crippen LogP contribution in [-0.4, -0.2) is 35.0 Å². The second kappa shape index (κ2) is 9.93. The number of carbonyl (C=O) groups excluding carboxylic acids is 1. The Kier molecular flexibility index (Phi) is 6.83. The first-order chi connectivity index (χ1) is 14.1. The third-order valence-electron chi connectivity index (χ3n) is 3.88. The molecule has 1 aromatic heterocycles. The fraction of sp³-hybridized carbons (Fsp3) is 0.190. The number of guanidine groups is 1. The molecule has 0 saturated heterocycles. The van der Waals surface area contributed by atoms with Crippen molar-refractivity contribution in [1.29, 1.82) is 0 Å². The molecule has 0 unspecified atom stereocenters. The summed E-state index contributed by atoms with van der Waals surface area (Å²) >= 11 is 0. The predicted molar refractivity (Wildman–Crippen MR) is 111 cm³/mol. The maximum absolute atomic E-state index is 12.1. The van der Waals surface area contributed by atoms with Gasteiger partial charge in [0.05, 0.1) is 13.1 Å². The van der Waals surface area contributed by atoms with Crippen LogP contribution in [0.1, 0.15) is 12.6 Å². The third-order valence-corrected chi connectivity index (χ3v) is 3.88. The number of oxazole rings is 1. The van der Waals surface area contributed by atoms with Gasteiger partial charge in [0.25, 0.3) is 0 Å². The fourth-order valence-corrected chi connectivity index (χ4v) is 2.51. The zero-order valence-electron chi connectivity index (χ0n) is 16.1. The van der Waals surface area contributed by atoms with Crippen LogP contribution in [0.25, 0.3) is 11.5 Å². The van der Waals surface area contributed by atoms with Gasteiger partial charge in [-0.25, -0.2) is 9.98 Å². The molecular weight excluding hydrogens is 370 g/mol. The van der Waals surface area contributed by atoms with Gasteiger partial charge in [0.1, 0.15) is 17.7 Å². The number of aliphatic imine (C=N–C) groups is 1. The highest BCUT2D eigenvalue weighted by molar-refractivity contribution is 5.95. The van der Waals surface area contributed by atoms with E-state index in [1.165, 1.54) is 12.1 Å². The van der Waals surface area contributed by atoms with Crippen LogP contribution in [0.4, 0.5) is 5.69 Å². The van der Waals surface area contributed by atoms with E-state index in [4.69, 9.17) is 4.42 Å². The van der Waals surface area contributed by atoms with Crippen LogP contribution in [0.2, 0.25) is 0 Å². The maximum atomic E-state index is 12.1. The van der Waals surface area contributed by atoms with E-state index in [1.807, 2.05) is 37.3 Å². The van der Waals surface area contributed by atoms with E-state index in [1.54, 1.807) is 18.4 Å². The number of anilines is 1. The minimum atomic E-state index is -0.228. The molecule has 3 rings (SSSR count). The van der Waals surface area contributed by atoms with E-state index in [2.05, 4.69) is 25.9 Å². The average molecular weight is 393 g/mol. The molecule has 0 spiro atoms. The lowest BCUT2D eigenvalue weighted by atomic mass is 10.2. The SMILES string of the molecule is CCNC(=NCc1coc(-c2ccccc2)n1)NCC(=O)Nc1ccc(O)cc1. The molecule has 0 fully saturated rings. The number of rotatable bonds is 7. The van der Waals surface area contributed by atoms with E-state index in [0.29, 0.717) is 36.3 Å². The first kappa shape index (κ1) is 19.9. The van der Waals surface area contributed by atoms with E-state index in [-0.39, 0.29) is 18.2 Å². The zero-order chi connectivity index (χ0) is 20.5. The van der Waals surface area contributed by atoms with Crippen LogP contribution < -0.4 is 16.0 Å². The van der Waals surface area contributed by atoms with Crippen molar-refractivity contribution in [2.45, 2.75) is 13.5 Å². The molecule has 4 N–H and O–H groups in total. The van der Waals surface area contributed by atoms with E-state index in [0.717, 1.165) is 5.56 Å². The van der Waals surface area contributed by atoms with Crippen molar-refractivity contribution in [2.24, 2.45) is 4.99 Å². The zero-order valence-corrected chi connectivity index (χ0v) is 16.1. The summed E-state index contributed by atoms with van der Waals surface area (Å²) in [6.45, 7) is 2.95. The highest BCUT2D eigenvalue weighted by Gasteiger charge is 2.07. The summed E-state index contributed by atoms with van der Waals surface area (Å²) in [6.07, 6.45) is 1.58. The van der Waals surface area contributed by atoms with Gasteiger partial charge >= 0.3 is 0 Å². The lowest BCUT2D eigenvalue weighted by Crippen LogP contribution is -2.41. The molecule has 8 heteroatoms. The van der Waals surface area contributed by atoms with Gasteiger partial charge < -0.3 is 25.5 Å². The number of carbonyl (C=O) groups is 1. The summed E-state index contributed by atoms with van der Waals surface area (Å²) < 4.78 is 5.51. The molecule has 0 saturated carbocycles. The molecule has 0 atom stereocenters. The third kappa shape index (κ3) is 6.10. The molecule has 0 aliphatic carbocycles. The molecule has 0 radical (unpaired) electrons. The Balaban J connectivity index is 1.55. The maximum Gasteiger partial charge on any atom is 0.243 e. The minimum Gasteiger partial charge on any atom is -0.508 e. The van der Waals surface area contributed by atoms with Crippen molar-refractivity contribution in [3.63, 3.8) is 0 Å². The molecule has 0 aliphatic heterocycles. The lowest BCUT2D eigenvalue weighted by Gasteiger charge is -2.11. The fourth-order valence-electron chi connectivity index (χ4n) is 2.51. The molecule has 0 aliphatic rings. The number of phenolic OH excluding ortho intramolecular Hbond substituents is 1. The second-order valence-electron chi connectivity index (χ2n) is 6.15. The van der Waals surface area contributed by atoms with Crippen LogP contribution in [0, 0.1) is 0 Å². The standard InChI is InChI=1S/C21H23N5O3/c1-2-22-21(24-13-19(28)25-16-8-10-18(27)11-9-16)23-12-17-14-29-20(26-17)15-6-4-3-5-7-15/h3-11,14,27H,2,12-13H2,1H3,(H,25,28)(H2,22,23,24). The minimum absolute atomic E-state index is 0.0425. The van der Waals surface area contributed by atoms with Crippen LogP contribution in [0.15, 0.2) is 70.3 Å². The number of amides is 1. The van der Waals surface area contributed by atoms with Gasteiger partial charge in [-0.2, -0.15) is 0 Å². The van der Waals surface area contributed by atoms with Gasteiger partial charge in [-0.15, -0.1) is 0 Å². The van der Waals surface area contributed by atoms with Crippen molar-refractivity contribution in [3.8, 4) is 17.2 Å². The number of nitrogens with zero attached hydrogens (tertiary/aromatic N) is 2. The van der Waals surface area contributed by atoms with E-state index in [9.17, 15) is 9.90 Å². The van der Waals surface area contributed by atoms with Gasteiger partial charge in [-0.05, 0) is 43.3 Å². The Labute approximate surface area is 168 Å². The van der Waals surface area contributed by atoms with Crippen molar-refractivity contribution in [2.75, 3.05) is 18.4 Å². The first-order valence-electron chi connectivity index (χ1n) is 9.25. The molecule has 3 aromatic rings. The predicted octanol–water partition coefficient (Wildman–Crippen LogP) is 2.74. The molecule has 29 heavy (non-hydrogen) atoms. The topological polar surface area (TPSA) is 112 Å². The Bertz CT molecular complexity index is 952. The van der Waals surface area contributed by atoms with Crippen molar-refractivity contribution >= 4 is 17.6 Å². The summed E-state index contributed by atoms with van der Waals surface area (Å²) in [5, 5.41) is 18.1. The number of nitrogens with one attached hydrogen (secondary N) is 3. The average Bonchev–Trinajstić information content (AvgIpc) is 3.21. The number of hydrogen-bond donors (Lipinski definition) is 4. The summed E-state index contributed by atoms with van der Waals surface area (Å²) in [6, 6.07) is 15.9. The lowest BCUT2D eigenvalue weighted by molar-refractivity contribution is -0.115. The highest BCUT2D eigenvalue weighted by Crippen LogP contribution is 2.18. The first-order valence-corrected chi connectivity index (χ1v) is 9.25. The normalized spacial score (nSPS) is 11.1. The summed E-state index contributed by atoms with van der Waals surface area (Å²) in [7, 11) is 0. The van der Waals surface area contributed by atoms with Gasteiger partial charge in [0, 0.05) is 17.8 Å². The summed E-state index contributed by atoms with van der Waals surface area (Å²) in [4.78, 5) is 21.0. The van der Waals surface area contributed by atoms with E-state index >= 15 is 0 Å². The molecule has 2 aromatic carbocycles. The molecule has 150 valence electrons. The number of benzene rings is 2. The number of aromatic hydroxyl groups is 1. The Morgan fingerprint density at radius 1 is 1.10 bits per heavy atom. The quantitative estimate of drug-likeness (QED) is 0.279. The number of aromatic nitrogens is 1. The molecule has 1 amide bonds. The van der Waals surface area contributed by atoms with Crippen molar-refractivity contribution in [1.82, 2.24) is 15.6 Å². The number of phenols is 1. The van der Waals surface area contributed by atoms with E-state index < -0.39 is 0 Å². The Hall–Kier alpha value is -3.81. The smallest absolute Gasteiger partial charge is 0.243 e. The Morgan fingerprint density at radius 2 is 1.86 bits per heavy atom. The number of hydrogen-bond acceptors (Lipinski definition) is 5. The van der Waals surface area contributed by atoms with Crippen LogP contribution >= 0.6 is 0 Å². The molecular formula is C21H23N5O3. The molecule has 0 bridgehead atoms. The van der Waals surface area contributed by atoms with Crippen molar-refractivity contribution < 1.29 is 14.3 Å². The summed E-state index contributed by atoms with van der Waals surface area (Å²) in [5.41, 5.74) is 2.20. The van der Waals surface area contributed by atoms with Gasteiger partial charge in [0.15, 0.2) is 5.96 Å². The molecule has 8 nitrogen and oxygen atoms in total. The second-order valence-corrected chi connectivity index (χ2v) is 6.15. The largest absolute Gasteiger partial charge is 0.508 e. The van der Waals surface area contributed by atoms with Crippen LogP contribution in [0.3, 0.4) is 0 Å². The monoisotopic (exact) mass is 393 g/mol. The van der Waals surface area contributed by atoms with Gasteiger partial charge in [-0.1, -0.05) is 18.2 Å². The van der Waals surface area contributed by atoms with Crippen LogP contribution in [0.5, 0.6) is 5.75 Å². The summed E-state index contributed by atoms with van der Waals surface area (Å²) in [5.74, 6) is 0.958. The Morgan fingerprint density at radius 3 is 2.59 bits per heavy atom.